The Morgan fingerprint density at radius 3 is 2.44 bits per heavy atom. The van der Waals surface area contributed by atoms with Crippen molar-refractivity contribution in [2.24, 2.45) is 0 Å². The predicted octanol–water partition coefficient (Wildman–Crippen LogP) is 5.30. The molecule has 138 valence electrons. The summed E-state index contributed by atoms with van der Waals surface area (Å²) in [7, 11) is 0. The van der Waals surface area contributed by atoms with Crippen molar-refractivity contribution in [2.75, 3.05) is 18.0 Å². The molecule has 3 rings (SSSR count). The first-order valence-electron chi connectivity index (χ1n) is 8.82. The summed E-state index contributed by atoms with van der Waals surface area (Å²) in [6.07, 6.45) is 3.11. The van der Waals surface area contributed by atoms with E-state index in [2.05, 4.69) is 34.7 Å². The Labute approximate surface area is 166 Å². The lowest BCUT2D eigenvalue weighted by Gasteiger charge is -2.20. The van der Waals surface area contributed by atoms with Gasteiger partial charge in [-0.3, -0.25) is 4.79 Å². The molecule has 0 fully saturated rings. The van der Waals surface area contributed by atoms with Crippen LogP contribution in [-0.4, -0.2) is 18.9 Å². The Balaban J connectivity index is 1.83. The molecule has 1 heterocycles. The van der Waals surface area contributed by atoms with Gasteiger partial charge in [-0.25, -0.2) is 4.79 Å². The normalized spacial score (nSPS) is 11.2. The molecule has 0 N–H and O–H groups in total. The van der Waals surface area contributed by atoms with Gasteiger partial charge in [-0.2, -0.15) is 0 Å². The minimum absolute atomic E-state index is 0.0246. The van der Waals surface area contributed by atoms with Gasteiger partial charge in [0.15, 0.2) is 5.78 Å². The highest BCUT2D eigenvalue weighted by Crippen LogP contribution is 2.20. The lowest BCUT2D eigenvalue weighted by Crippen LogP contribution is -2.21. The van der Waals surface area contributed by atoms with Crippen molar-refractivity contribution < 1.29 is 9.21 Å². The summed E-state index contributed by atoms with van der Waals surface area (Å²) < 4.78 is 6.10. The summed E-state index contributed by atoms with van der Waals surface area (Å²) in [5, 5.41) is 0.698. The van der Waals surface area contributed by atoms with E-state index in [0.717, 1.165) is 28.8 Å². The second kappa shape index (κ2) is 8.35. The molecule has 0 aliphatic rings. The van der Waals surface area contributed by atoms with Crippen LogP contribution < -0.4 is 10.5 Å². The fraction of sp³-hybridized carbons (Fsp3) is 0.182. The molecule has 0 atom stereocenters. The molecule has 0 bridgehead atoms. The third-order valence-corrected chi connectivity index (χ3v) is 4.90. The van der Waals surface area contributed by atoms with Gasteiger partial charge in [0, 0.05) is 28.6 Å². The number of nitrogens with zero attached hydrogens (tertiary/aromatic N) is 1. The van der Waals surface area contributed by atoms with Gasteiger partial charge in [-0.05, 0) is 61.9 Å². The first kappa shape index (κ1) is 19.1. The van der Waals surface area contributed by atoms with Gasteiger partial charge in [-0.15, -0.1) is 0 Å². The zero-order valence-electron chi connectivity index (χ0n) is 15.2. The molecule has 1 aromatic heterocycles. The third-order valence-electron chi connectivity index (χ3n) is 4.41. The Morgan fingerprint density at radius 1 is 1.07 bits per heavy atom. The molecule has 0 saturated heterocycles. The molecular weight excluding hydrogens is 406 g/mol. The molecule has 4 nitrogen and oxygen atoms in total. The SMILES string of the molecule is CCN(CC)c1ccc(C=CC(=O)c2cc3cc(Br)ccc3oc2=O)cc1. The minimum Gasteiger partial charge on any atom is -0.422 e. The zero-order chi connectivity index (χ0) is 19.4. The van der Waals surface area contributed by atoms with E-state index in [9.17, 15) is 9.59 Å². The summed E-state index contributed by atoms with van der Waals surface area (Å²) in [5.41, 5.74) is 1.89. The van der Waals surface area contributed by atoms with E-state index < -0.39 is 5.63 Å². The number of carbonyl (C=O) groups is 1. The van der Waals surface area contributed by atoms with Crippen molar-refractivity contribution in [1.29, 1.82) is 0 Å². The summed E-state index contributed by atoms with van der Waals surface area (Å²) in [5.74, 6) is -0.376. The van der Waals surface area contributed by atoms with Crippen LogP contribution in [0.1, 0.15) is 29.8 Å². The molecule has 0 saturated carbocycles. The average Bonchev–Trinajstić information content (AvgIpc) is 2.68. The van der Waals surface area contributed by atoms with Crippen LogP contribution in [0.25, 0.3) is 17.0 Å². The van der Waals surface area contributed by atoms with Crippen LogP contribution >= 0.6 is 15.9 Å². The van der Waals surface area contributed by atoms with Gasteiger partial charge in [0.05, 0.1) is 0 Å². The highest BCUT2D eigenvalue weighted by molar-refractivity contribution is 9.10. The van der Waals surface area contributed by atoms with Crippen molar-refractivity contribution in [1.82, 2.24) is 0 Å². The molecule has 0 amide bonds. The van der Waals surface area contributed by atoms with Crippen molar-refractivity contribution in [3.05, 3.63) is 80.6 Å². The second-order valence-electron chi connectivity index (χ2n) is 6.09. The Kier molecular flexibility index (Phi) is 5.91. The lowest BCUT2D eigenvalue weighted by atomic mass is 10.1. The molecule has 0 radical (unpaired) electrons. The van der Waals surface area contributed by atoms with E-state index in [1.54, 1.807) is 24.3 Å². The predicted molar refractivity (Wildman–Crippen MR) is 114 cm³/mol. The summed E-state index contributed by atoms with van der Waals surface area (Å²) in [6.45, 7) is 6.11. The van der Waals surface area contributed by atoms with Crippen molar-refractivity contribution in [2.45, 2.75) is 13.8 Å². The van der Waals surface area contributed by atoms with E-state index in [4.69, 9.17) is 4.42 Å². The zero-order valence-corrected chi connectivity index (χ0v) is 16.8. The van der Waals surface area contributed by atoms with E-state index in [-0.39, 0.29) is 11.3 Å². The van der Waals surface area contributed by atoms with Crippen LogP contribution in [0.5, 0.6) is 0 Å². The fourth-order valence-corrected chi connectivity index (χ4v) is 3.29. The third kappa shape index (κ3) is 4.37. The van der Waals surface area contributed by atoms with Crippen LogP contribution in [0.15, 0.2) is 68.3 Å². The maximum atomic E-state index is 12.5. The molecule has 5 heteroatoms. The van der Waals surface area contributed by atoms with Gasteiger partial charge in [0.25, 0.3) is 0 Å². The van der Waals surface area contributed by atoms with Crippen molar-refractivity contribution >= 4 is 44.4 Å². The van der Waals surface area contributed by atoms with Gasteiger partial charge in [-0.1, -0.05) is 34.1 Å². The highest BCUT2D eigenvalue weighted by Gasteiger charge is 2.11. The van der Waals surface area contributed by atoms with Crippen LogP contribution in [-0.2, 0) is 0 Å². The minimum atomic E-state index is -0.628. The number of anilines is 1. The molecular formula is C22H20BrNO3. The summed E-state index contributed by atoms with van der Waals surface area (Å²) in [6, 6.07) is 14.8. The van der Waals surface area contributed by atoms with E-state index in [1.807, 2.05) is 30.3 Å². The number of ketones is 1. The van der Waals surface area contributed by atoms with Crippen LogP contribution in [0.3, 0.4) is 0 Å². The molecule has 27 heavy (non-hydrogen) atoms. The molecule has 0 aliphatic heterocycles. The number of halogens is 1. The van der Waals surface area contributed by atoms with Gasteiger partial charge < -0.3 is 9.32 Å². The first-order valence-corrected chi connectivity index (χ1v) is 9.62. The molecule has 0 unspecified atom stereocenters. The smallest absolute Gasteiger partial charge is 0.347 e. The maximum absolute atomic E-state index is 12.5. The van der Waals surface area contributed by atoms with Crippen molar-refractivity contribution in [3.8, 4) is 0 Å². The van der Waals surface area contributed by atoms with E-state index >= 15 is 0 Å². The lowest BCUT2D eigenvalue weighted by molar-refractivity contribution is 0.104. The summed E-state index contributed by atoms with van der Waals surface area (Å²) >= 11 is 3.38. The molecule has 2 aromatic carbocycles. The van der Waals surface area contributed by atoms with Crippen LogP contribution in [0.2, 0.25) is 0 Å². The number of hydrogen-bond acceptors (Lipinski definition) is 4. The highest BCUT2D eigenvalue weighted by atomic mass is 79.9. The molecule has 0 spiro atoms. The quantitative estimate of drug-likeness (QED) is 0.305. The monoisotopic (exact) mass is 425 g/mol. The van der Waals surface area contributed by atoms with E-state index in [1.165, 1.54) is 6.08 Å². The van der Waals surface area contributed by atoms with Crippen LogP contribution in [0, 0.1) is 0 Å². The number of rotatable bonds is 6. The van der Waals surface area contributed by atoms with Gasteiger partial charge in [0.1, 0.15) is 11.1 Å². The topological polar surface area (TPSA) is 50.5 Å². The van der Waals surface area contributed by atoms with E-state index in [0.29, 0.717) is 11.0 Å². The Morgan fingerprint density at radius 2 is 1.78 bits per heavy atom. The standard InChI is InChI=1S/C22H20BrNO3/c1-3-24(4-2)18-9-5-15(6-10-18)7-11-20(25)19-14-16-13-17(23)8-12-21(16)27-22(19)26/h5-14H,3-4H2,1-2H3. The Bertz CT molecular complexity index is 1050. The van der Waals surface area contributed by atoms with Crippen LogP contribution in [0.4, 0.5) is 5.69 Å². The number of fused-ring (bicyclic) bond motifs is 1. The Hall–Kier alpha value is -2.66. The van der Waals surface area contributed by atoms with Gasteiger partial charge >= 0.3 is 5.63 Å². The summed E-state index contributed by atoms with van der Waals surface area (Å²) in [4.78, 5) is 26.8. The average molecular weight is 426 g/mol. The number of benzene rings is 2. The number of carbonyl (C=O) groups excluding carboxylic acids is 1. The van der Waals surface area contributed by atoms with Crippen molar-refractivity contribution in [3.63, 3.8) is 0 Å². The largest absolute Gasteiger partial charge is 0.422 e. The number of allylic oxidation sites excluding steroid dienone is 1. The van der Waals surface area contributed by atoms with Gasteiger partial charge in [0.2, 0.25) is 0 Å². The second-order valence-corrected chi connectivity index (χ2v) is 7.01. The molecule has 3 aromatic rings. The number of hydrogen-bond donors (Lipinski definition) is 0. The first-order chi connectivity index (χ1) is 13.0. The maximum Gasteiger partial charge on any atom is 0.347 e. The fourth-order valence-electron chi connectivity index (χ4n) is 2.91. The molecule has 0 aliphatic carbocycles.